The van der Waals surface area contributed by atoms with Gasteiger partial charge in [0, 0.05) is 16.9 Å². The lowest BCUT2D eigenvalue weighted by Crippen LogP contribution is -2.13. The second kappa shape index (κ2) is 8.46. The molecule has 1 N–H and O–H groups in total. The molecule has 0 spiro atoms. The fourth-order valence-corrected chi connectivity index (χ4v) is 3.28. The number of hydrogen-bond donors (Lipinski definition) is 1. The number of carbonyl (C=O) groups is 1. The molecule has 1 unspecified atom stereocenters. The number of hydrogen-bond acceptors (Lipinski definition) is 1. The first-order valence-corrected chi connectivity index (χ1v) is 8.31. The van der Waals surface area contributed by atoms with Crippen molar-refractivity contribution in [2.24, 2.45) is 11.8 Å². The van der Waals surface area contributed by atoms with Crippen molar-refractivity contribution in [1.29, 1.82) is 0 Å². The number of anilines is 1. The van der Waals surface area contributed by atoms with Gasteiger partial charge in [0.25, 0.3) is 0 Å². The van der Waals surface area contributed by atoms with E-state index in [2.05, 4.69) is 47.2 Å². The first-order chi connectivity index (χ1) is 9.36. The summed E-state index contributed by atoms with van der Waals surface area (Å²) in [5.41, 5.74) is 2.18. The highest BCUT2D eigenvalue weighted by Crippen LogP contribution is 2.19. The highest BCUT2D eigenvalue weighted by atomic mass is 79.9. The molecule has 1 amide bonds. The van der Waals surface area contributed by atoms with Crippen LogP contribution in [0.2, 0.25) is 0 Å². The maximum absolute atomic E-state index is 11.7. The van der Waals surface area contributed by atoms with Crippen LogP contribution in [0.1, 0.15) is 46.1 Å². The molecule has 0 fully saturated rings. The standard InChI is InChI=1S/C17H26BrNO/c1-12(2)9-15(18)11-14-5-7-16(8-6-14)19-17(20)10-13(3)4/h5-8,12-13,15H,9-11H2,1-4H3,(H,19,20). The van der Waals surface area contributed by atoms with E-state index in [-0.39, 0.29) is 5.91 Å². The molecule has 0 aliphatic carbocycles. The minimum atomic E-state index is 0.0888. The van der Waals surface area contributed by atoms with Crippen LogP contribution in [0.3, 0.4) is 0 Å². The van der Waals surface area contributed by atoms with Crippen molar-refractivity contribution in [3.8, 4) is 0 Å². The summed E-state index contributed by atoms with van der Waals surface area (Å²) >= 11 is 3.73. The molecule has 1 rings (SSSR count). The smallest absolute Gasteiger partial charge is 0.224 e. The second-order valence-corrected chi connectivity index (χ2v) is 7.57. The Kier molecular flexibility index (Phi) is 7.28. The minimum Gasteiger partial charge on any atom is -0.326 e. The molecule has 0 saturated carbocycles. The molecular weight excluding hydrogens is 314 g/mol. The van der Waals surface area contributed by atoms with Gasteiger partial charge in [0.15, 0.2) is 0 Å². The zero-order valence-corrected chi connectivity index (χ0v) is 14.5. The van der Waals surface area contributed by atoms with Crippen LogP contribution in [0.5, 0.6) is 0 Å². The third-order valence-corrected chi connectivity index (χ3v) is 3.71. The molecule has 0 aliphatic rings. The van der Waals surface area contributed by atoms with Crippen molar-refractivity contribution in [3.63, 3.8) is 0 Å². The third kappa shape index (κ3) is 7.09. The zero-order chi connectivity index (χ0) is 15.1. The maximum atomic E-state index is 11.7. The number of rotatable bonds is 7. The van der Waals surface area contributed by atoms with Gasteiger partial charge in [-0.25, -0.2) is 0 Å². The lowest BCUT2D eigenvalue weighted by atomic mass is 10.0. The monoisotopic (exact) mass is 339 g/mol. The van der Waals surface area contributed by atoms with Crippen LogP contribution < -0.4 is 5.32 Å². The van der Waals surface area contributed by atoms with Gasteiger partial charge in [0.05, 0.1) is 0 Å². The van der Waals surface area contributed by atoms with Crippen molar-refractivity contribution in [2.45, 2.75) is 51.8 Å². The molecule has 0 saturated heterocycles. The molecule has 3 heteroatoms. The number of halogens is 1. The molecule has 1 aromatic rings. The highest BCUT2D eigenvalue weighted by Gasteiger charge is 2.09. The van der Waals surface area contributed by atoms with Gasteiger partial charge in [0.1, 0.15) is 0 Å². The van der Waals surface area contributed by atoms with Crippen LogP contribution in [0, 0.1) is 11.8 Å². The van der Waals surface area contributed by atoms with E-state index < -0.39 is 0 Å². The summed E-state index contributed by atoms with van der Waals surface area (Å²) in [6.07, 6.45) is 2.77. The average molecular weight is 340 g/mol. The Morgan fingerprint density at radius 2 is 1.70 bits per heavy atom. The molecule has 1 atom stereocenters. The summed E-state index contributed by atoms with van der Waals surface area (Å²) < 4.78 is 0. The number of carbonyl (C=O) groups excluding carboxylic acids is 1. The van der Waals surface area contributed by atoms with E-state index in [1.165, 1.54) is 12.0 Å². The molecule has 2 nitrogen and oxygen atoms in total. The number of benzene rings is 1. The van der Waals surface area contributed by atoms with E-state index in [0.29, 0.717) is 23.1 Å². The normalized spacial score (nSPS) is 12.8. The number of alkyl halides is 1. The van der Waals surface area contributed by atoms with E-state index in [9.17, 15) is 4.79 Å². The van der Waals surface area contributed by atoms with Crippen molar-refractivity contribution < 1.29 is 4.79 Å². The van der Waals surface area contributed by atoms with Crippen molar-refractivity contribution in [2.75, 3.05) is 5.32 Å². The van der Waals surface area contributed by atoms with Gasteiger partial charge in [-0.15, -0.1) is 0 Å². The molecule has 0 aromatic heterocycles. The first-order valence-electron chi connectivity index (χ1n) is 7.39. The second-order valence-electron chi connectivity index (χ2n) is 6.27. The van der Waals surface area contributed by atoms with Crippen LogP contribution in [0.15, 0.2) is 24.3 Å². The maximum Gasteiger partial charge on any atom is 0.224 e. The van der Waals surface area contributed by atoms with Gasteiger partial charge >= 0.3 is 0 Å². The van der Waals surface area contributed by atoms with Crippen molar-refractivity contribution in [1.82, 2.24) is 0 Å². The Morgan fingerprint density at radius 3 is 2.20 bits per heavy atom. The summed E-state index contributed by atoms with van der Waals surface area (Å²) in [7, 11) is 0. The molecule has 112 valence electrons. The summed E-state index contributed by atoms with van der Waals surface area (Å²) in [5.74, 6) is 1.18. The molecule has 20 heavy (non-hydrogen) atoms. The van der Waals surface area contributed by atoms with E-state index in [0.717, 1.165) is 12.1 Å². The van der Waals surface area contributed by atoms with Crippen LogP contribution in [0.25, 0.3) is 0 Å². The van der Waals surface area contributed by atoms with Crippen LogP contribution in [0.4, 0.5) is 5.69 Å². The Bertz CT molecular complexity index is 412. The fraction of sp³-hybridized carbons (Fsp3) is 0.588. The lowest BCUT2D eigenvalue weighted by Gasteiger charge is -2.13. The molecule has 0 heterocycles. The Labute approximate surface area is 131 Å². The molecule has 0 radical (unpaired) electrons. The molecular formula is C17H26BrNO. The van der Waals surface area contributed by atoms with E-state index in [1.54, 1.807) is 0 Å². The van der Waals surface area contributed by atoms with E-state index >= 15 is 0 Å². The third-order valence-electron chi connectivity index (χ3n) is 3.02. The Hall–Kier alpha value is -0.830. The van der Waals surface area contributed by atoms with Crippen LogP contribution >= 0.6 is 15.9 Å². The highest BCUT2D eigenvalue weighted by molar-refractivity contribution is 9.09. The molecule has 1 aromatic carbocycles. The van der Waals surface area contributed by atoms with Gasteiger partial charge < -0.3 is 5.32 Å². The predicted molar refractivity (Wildman–Crippen MR) is 90.4 cm³/mol. The first kappa shape index (κ1) is 17.2. The van der Waals surface area contributed by atoms with E-state index in [1.807, 2.05) is 26.0 Å². The summed E-state index contributed by atoms with van der Waals surface area (Å²) in [4.78, 5) is 12.2. The minimum absolute atomic E-state index is 0.0888. The van der Waals surface area contributed by atoms with Gasteiger partial charge in [-0.05, 0) is 42.4 Å². The summed E-state index contributed by atoms with van der Waals surface area (Å²) in [6, 6.07) is 8.17. The molecule has 0 aliphatic heterocycles. The Morgan fingerprint density at radius 1 is 1.10 bits per heavy atom. The van der Waals surface area contributed by atoms with Gasteiger partial charge in [-0.1, -0.05) is 55.8 Å². The van der Waals surface area contributed by atoms with Crippen molar-refractivity contribution >= 4 is 27.5 Å². The topological polar surface area (TPSA) is 29.1 Å². The summed E-state index contributed by atoms with van der Waals surface area (Å²) in [5, 5.41) is 2.94. The number of nitrogens with one attached hydrogen (secondary N) is 1. The van der Waals surface area contributed by atoms with Gasteiger partial charge in [-0.2, -0.15) is 0 Å². The van der Waals surface area contributed by atoms with Crippen LogP contribution in [-0.2, 0) is 11.2 Å². The SMILES string of the molecule is CC(C)CC(=O)Nc1ccc(CC(Br)CC(C)C)cc1. The lowest BCUT2D eigenvalue weighted by molar-refractivity contribution is -0.116. The largest absolute Gasteiger partial charge is 0.326 e. The number of amides is 1. The van der Waals surface area contributed by atoms with Gasteiger partial charge in [0.2, 0.25) is 5.91 Å². The average Bonchev–Trinajstić information content (AvgIpc) is 2.29. The van der Waals surface area contributed by atoms with Gasteiger partial charge in [-0.3, -0.25) is 4.79 Å². The van der Waals surface area contributed by atoms with Crippen molar-refractivity contribution in [3.05, 3.63) is 29.8 Å². The predicted octanol–water partition coefficient (Wildman–Crippen LogP) is 5.02. The molecule has 0 bridgehead atoms. The zero-order valence-electron chi connectivity index (χ0n) is 12.9. The Balaban J connectivity index is 2.49. The van der Waals surface area contributed by atoms with E-state index in [4.69, 9.17) is 0 Å². The summed E-state index contributed by atoms with van der Waals surface area (Å²) in [6.45, 7) is 8.57. The quantitative estimate of drug-likeness (QED) is 0.694. The van der Waals surface area contributed by atoms with Crippen LogP contribution in [-0.4, -0.2) is 10.7 Å². The fourth-order valence-electron chi connectivity index (χ4n) is 2.16.